The third kappa shape index (κ3) is 3.24. The van der Waals surface area contributed by atoms with Gasteiger partial charge in [-0.2, -0.15) is 0 Å². The van der Waals surface area contributed by atoms with Crippen LogP contribution < -0.4 is 10.2 Å². The molecule has 0 bridgehead atoms. The zero-order valence-electron chi connectivity index (χ0n) is 13.1. The quantitative estimate of drug-likeness (QED) is 0.896. The molecule has 1 heterocycles. The number of nitrogens with one attached hydrogen (secondary N) is 1. The Morgan fingerprint density at radius 1 is 1.19 bits per heavy atom. The number of aliphatic hydroxyl groups is 1. The van der Waals surface area contributed by atoms with Crippen LogP contribution in [-0.4, -0.2) is 30.8 Å². The van der Waals surface area contributed by atoms with Crippen molar-refractivity contribution in [2.24, 2.45) is 0 Å². The summed E-state index contributed by atoms with van der Waals surface area (Å²) in [7, 11) is 2.05. The highest BCUT2D eigenvalue weighted by Gasteiger charge is 2.33. The summed E-state index contributed by atoms with van der Waals surface area (Å²) in [6.45, 7) is 1.85. The molecular weight excluding hydrogens is 260 g/mol. The van der Waals surface area contributed by atoms with E-state index < -0.39 is 5.60 Å². The number of rotatable bonds is 3. The van der Waals surface area contributed by atoms with Crippen molar-refractivity contribution in [3.8, 4) is 0 Å². The number of nitrogens with zero attached hydrogens (tertiary/aromatic N) is 1. The van der Waals surface area contributed by atoms with Crippen molar-refractivity contribution in [3.05, 3.63) is 29.8 Å². The molecule has 1 fully saturated rings. The molecule has 2 N–H and O–H groups in total. The van der Waals surface area contributed by atoms with Crippen LogP contribution in [0.4, 0.5) is 5.69 Å². The first-order valence-corrected chi connectivity index (χ1v) is 8.45. The van der Waals surface area contributed by atoms with E-state index in [1.54, 1.807) is 0 Å². The molecule has 1 atom stereocenters. The Hall–Kier alpha value is -1.06. The van der Waals surface area contributed by atoms with E-state index in [-0.39, 0.29) is 0 Å². The summed E-state index contributed by atoms with van der Waals surface area (Å²) in [6, 6.07) is 9.14. The average molecular weight is 288 g/mol. The average Bonchev–Trinajstić information content (AvgIpc) is 2.67. The number of hydrogen-bond acceptors (Lipinski definition) is 3. The molecule has 3 rings (SSSR count). The predicted molar refractivity (Wildman–Crippen MR) is 87.7 cm³/mol. The summed E-state index contributed by atoms with van der Waals surface area (Å²) in [5.41, 5.74) is 2.22. The van der Waals surface area contributed by atoms with E-state index in [1.165, 1.54) is 43.4 Å². The molecule has 116 valence electrons. The minimum absolute atomic E-state index is 0.437. The summed E-state index contributed by atoms with van der Waals surface area (Å²) >= 11 is 0. The van der Waals surface area contributed by atoms with E-state index in [0.29, 0.717) is 6.04 Å². The molecule has 0 amide bonds. The minimum Gasteiger partial charge on any atom is -0.388 e. The second-order valence-electron chi connectivity index (χ2n) is 6.75. The van der Waals surface area contributed by atoms with Crippen LogP contribution in [0.2, 0.25) is 0 Å². The Kier molecular flexibility index (Phi) is 4.51. The first-order valence-electron chi connectivity index (χ1n) is 8.45. The molecule has 0 saturated heterocycles. The van der Waals surface area contributed by atoms with E-state index in [2.05, 4.69) is 34.5 Å². The van der Waals surface area contributed by atoms with Crippen LogP contribution in [0.5, 0.6) is 0 Å². The van der Waals surface area contributed by atoms with Crippen molar-refractivity contribution >= 4 is 5.69 Å². The van der Waals surface area contributed by atoms with Gasteiger partial charge in [0, 0.05) is 24.8 Å². The van der Waals surface area contributed by atoms with E-state index in [4.69, 9.17) is 0 Å². The van der Waals surface area contributed by atoms with Gasteiger partial charge in [0.1, 0.15) is 0 Å². The van der Waals surface area contributed by atoms with E-state index in [1.807, 2.05) is 7.05 Å². The summed E-state index contributed by atoms with van der Waals surface area (Å²) in [6.07, 6.45) is 7.89. The largest absolute Gasteiger partial charge is 0.388 e. The first kappa shape index (κ1) is 14.9. The van der Waals surface area contributed by atoms with Gasteiger partial charge in [-0.15, -0.1) is 0 Å². The molecule has 1 aliphatic heterocycles. The van der Waals surface area contributed by atoms with E-state index >= 15 is 0 Å². The molecule has 1 aromatic rings. The highest BCUT2D eigenvalue weighted by molar-refractivity contribution is 5.56. The second-order valence-corrected chi connectivity index (χ2v) is 6.75. The maximum Gasteiger partial charge on any atom is 0.0821 e. The molecule has 2 aliphatic rings. The maximum atomic E-state index is 10.9. The lowest BCUT2D eigenvalue weighted by Crippen LogP contribution is -2.45. The SMILES string of the molecule is CNC1CCCN(CC2(O)CCCCC2)c2ccccc21. The van der Waals surface area contributed by atoms with Crippen LogP contribution in [0.15, 0.2) is 24.3 Å². The highest BCUT2D eigenvalue weighted by atomic mass is 16.3. The van der Waals surface area contributed by atoms with Crippen LogP contribution in [0.3, 0.4) is 0 Å². The third-order valence-electron chi connectivity index (χ3n) is 5.19. The Labute approximate surface area is 128 Å². The monoisotopic (exact) mass is 288 g/mol. The molecule has 1 saturated carbocycles. The van der Waals surface area contributed by atoms with E-state index in [9.17, 15) is 5.11 Å². The Morgan fingerprint density at radius 2 is 1.95 bits per heavy atom. The molecule has 1 aromatic carbocycles. The molecule has 0 aromatic heterocycles. The smallest absolute Gasteiger partial charge is 0.0821 e. The zero-order chi connectivity index (χ0) is 14.7. The highest BCUT2D eigenvalue weighted by Crippen LogP contribution is 2.36. The molecular formula is C18H28N2O. The Morgan fingerprint density at radius 3 is 2.71 bits per heavy atom. The van der Waals surface area contributed by atoms with E-state index in [0.717, 1.165) is 25.9 Å². The molecule has 0 radical (unpaired) electrons. The van der Waals surface area contributed by atoms with Gasteiger partial charge in [-0.25, -0.2) is 0 Å². The lowest BCUT2D eigenvalue weighted by Gasteiger charge is -2.38. The van der Waals surface area contributed by atoms with Crippen LogP contribution in [-0.2, 0) is 0 Å². The van der Waals surface area contributed by atoms with Crippen molar-refractivity contribution in [2.45, 2.75) is 56.6 Å². The van der Waals surface area contributed by atoms with Crippen molar-refractivity contribution in [2.75, 3.05) is 25.0 Å². The second kappa shape index (κ2) is 6.37. The van der Waals surface area contributed by atoms with Crippen molar-refractivity contribution in [3.63, 3.8) is 0 Å². The van der Waals surface area contributed by atoms with Gasteiger partial charge in [0.15, 0.2) is 0 Å². The van der Waals surface area contributed by atoms with Crippen LogP contribution in [0, 0.1) is 0 Å². The summed E-state index contributed by atoms with van der Waals surface area (Å²) in [4.78, 5) is 2.43. The molecule has 1 aliphatic carbocycles. The molecule has 21 heavy (non-hydrogen) atoms. The molecule has 3 heteroatoms. The Bertz CT molecular complexity index is 468. The lowest BCUT2D eigenvalue weighted by molar-refractivity contribution is 0.0110. The van der Waals surface area contributed by atoms with Gasteiger partial charge in [0.05, 0.1) is 5.60 Å². The van der Waals surface area contributed by atoms with Gasteiger partial charge < -0.3 is 15.3 Å². The summed E-state index contributed by atoms with van der Waals surface area (Å²) in [5.74, 6) is 0. The topological polar surface area (TPSA) is 35.5 Å². The van der Waals surface area contributed by atoms with Gasteiger partial charge in [-0.05, 0) is 44.4 Å². The van der Waals surface area contributed by atoms with Crippen molar-refractivity contribution < 1.29 is 5.11 Å². The van der Waals surface area contributed by atoms with Gasteiger partial charge >= 0.3 is 0 Å². The number of β-amino-alcohol motifs (C(OH)–C–C–N with tert-alkyl or cyclic N) is 1. The van der Waals surface area contributed by atoms with Crippen LogP contribution in [0.25, 0.3) is 0 Å². The number of para-hydroxylation sites is 1. The fourth-order valence-corrected chi connectivity index (χ4v) is 4.02. The third-order valence-corrected chi connectivity index (χ3v) is 5.19. The fraction of sp³-hybridized carbons (Fsp3) is 0.667. The van der Waals surface area contributed by atoms with Crippen molar-refractivity contribution in [1.82, 2.24) is 5.32 Å². The number of hydrogen-bond donors (Lipinski definition) is 2. The van der Waals surface area contributed by atoms with Gasteiger partial charge in [0.2, 0.25) is 0 Å². The first-order chi connectivity index (χ1) is 10.2. The van der Waals surface area contributed by atoms with Crippen LogP contribution >= 0.6 is 0 Å². The maximum absolute atomic E-state index is 10.9. The summed E-state index contributed by atoms with van der Waals surface area (Å²) in [5, 5.41) is 14.4. The normalized spacial score (nSPS) is 25.2. The molecule has 1 unspecified atom stereocenters. The van der Waals surface area contributed by atoms with Gasteiger partial charge in [-0.3, -0.25) is 0 Å². The number of benzene rings is 1. The van der Waals surface area contributed by atoms with Crippen molar-refractivity contribution in [1.29, 1.82) is 0 Å². The van der Waals surface area contributed by atoms with Crippen LogP contribution in [0.1, 0.15) is 56.6 Å². The summed E-state index contributed by atoms with van der Waals surface area (Å²) < 4.78 is 0. The molecule has 0 spiro atoms. The predicted octanol–water partition coefficient (Wildman–Crippen LogP) is 3.24. The van der Waals surface area contributed by atoms with Gasteiger partial charge in [-0.1, -0.05) is 37.5 Å². The number of anilines is 1. The number of fused-ring (bicyclic) bond motifs is 1. The lowest BCUT2D eigenvalue weighted by atomic mass is 9.84. The fourth-order valence-electron chi connectivity index (χ4n) is 4.02. The molecule has 3 nitrogen and oxygen atoms in total. The zero-order valence-corrected chi connectivity index (χ0v) is 13.1. The minimum atomic E-state index is -0.481. The van der Waals surface area contributed by atoms with Gasteiger partial charge in [0.25, 0.3) is 0 Å². The standard InChI is InChI=1S/C18H28N2O/c1-19-16-9-7-13-20(17-10-4-3-8-15(16)17)14-18(21)11-5-2-6-12-18/h3-4,8,10,16,19,21H,2,5-7,9,11-14H2,1H3. The Balaban J connectivity index is 1.84.